The Morgan fingerprint density at radius 2 is 0.559 bits per heavy atom. The summed E-state index contributed by atoms with van der Waals surface area (Å²) in [5.41, 5.74) is 29.6. The van der Waals surface area contributed by atoms with E-state index in [0.717, 1.165) is 33.4 Å². The number of hydrogen-bond acceptors (Lipinski definition) is 8. The Balaban J connectivity index is 0.000000128. The number of pyridine rings is 4. The fraction of sp³-hybridized carbons (Fsp3) is 0.129. The Hall–Kier alpha value is -11.2. The van der Waals surface area contributed by atoms with Crippen LogP contribution in [0, 0.1) is 48.5 Å². The second kappa shape index (κ2) is 31.0. The molecule has 8 heteroatoms. The van der Waals surface area contributed by atoms with Crippen LogP contribution in [0.1, 0.15) is 65.3 Å². The molecule has 0 unspecified atom stereocenters. The molecule has 0 fully saturated rings. The molecule has 0 saturated heterocycles. The highest BCUT2D eigenvalue weighted by Gasteiger charge is 2.15. The summed E-state index contributed by atoms with van der Waals surface area (Å²) >= 11 is 0. The van der Waals surface area contributed by atoms with Crippen LogP contribution >= 0.6 is 0 Å². The van der Waals surface area contributed by atoms with E-state index in [0.29, 0.717) is 0 Å². The number of hydrogen-bond donors (Lipinski definition) is 0. The zero-order valence-electron chi connectivity index (χ0n) is 54.8. The van der Waals surface area contributed by atoms with Crippen LogP contribution < -0.4 is 0 Å². The Labute approximate surface area is 549 Å². The lowest BCUT2D eigenvalue weighted by atomic mass is 9.84. The van der Waals surface area contributed by atoms with Gasteiger partial charge in [-0.3, -0.25) is 19.9 Å². The molecule has 0 bridgehead atoms. The van der Waals surface area contributed by atoms with E-state index in [1.807, 2.05) is 98.4 Å². The summed E-state index contributed by atoms with van der Waals surface area (Å²) in [6.07, 6.45) is 25.0. The van der Waals surface area contributed by atoms with Crippen LogP contribution in [0.2, 0.25) is 0 Å². The minimum absolute atomic E-state index is 0.267. The average molecular weight is 1210 g/mol. The number of aromatic nitrogens is 8. The smallest absolute Gasteiger partial charge is 0.115 e. The van der Waals surface area contributed by atoms with Crippen molar-refractivity contribution in [2.24, 2.45) is 0 Å². The quantitative estimate of drug-likeness (QED) is 0.148. The zero-order valence-corrected chi connectivity index (χ0v) is 54.8. The van der Waals surface area contributed by atoms with Crippen LogP contribution in [0.25, 0.3) is 99.8 Å². The first-order chi connectivity index (χ1) is 45.1. The van der Waals surface area contributed by atoms with Crippen molar-refractivity contribution in [2.75, 3.05) is 0 Å². The average Bonchev–Trinajstić information content (AvgIpc) is 1.29. The molecule has 6 heterocycles. The molecule has 8 aromatic carbocycles. The summed E-state index contributed by atoms with van der Waals surface area (Å²) in [5.74, 6) is 0. The zero-order chi connectivity index (χ0) is 65.1. The molecule has 0 aliphatic heterocycles. The minimum Gasteiger partial charge on any atom is -0.265 e. The van der Waals surface area contributed by atoms with E-state index in [2.05, 4.69) is 279 Å². The van der Waals surface area contributed by atoms with Gasteiger partial charge in [0, 0.05) is 96.6 Å². The van der Waals surface area contributed by atoms with Crippen molar-refractivity contribution < 1.29 is 0 Å². The lowest BCUT2D eigenvalue weighted by Crippen LogP contribution is -2.12. The number of aryl methyl sites for hydroxylation is 6. The van der Waals surface area contributed by atoms with Crippen molar-refractivity contribution in [1.29, 1.82) is 0 Å². The van der Waals surface area contributed by atoms with E-state index in [1.165, 1.54) is 124 Å². The summed E-state index contributed by atoms with van der Waals surface area (Å²) in [6, 6.07) is 72.9. The third-order valence-corrected chi connectivity index (χ3v) is 16.1. The highest BCUT2D eigenvalue weighted by Crippen LogP contribution is 2.33. The second-order valence-corrected chi connectivity index (χ2v) is 24.5. The van der Waals surface area contributed by atoms with Gasteiger partial charge in [0.15, 0.2) is 0 Å². The molecule has 6 aromatic heterocycles. The van der Waals surface area contributed by atoms with E-state index in [1.54, 1.807) is 12.4 Å². The van der Waals surface area contributed by atoms with Crippen LogP contribution in [-0.2, 0) is 5.41 Å². The molecule has 0 saturated carbocycles. The number of rotatable bonds is 8. The topological polar surface area (TPSA) is 103 Å². The Bertz CT molecular complexity index is 4200. The molecular weight excluding hydrogens is 1130 g/mol. The van der Waals surface area contributed by atoms with E-state index < -0.39 is 0 Å². The van der Waals surface area contributed by atoms with Crippen molar-refractivity contribution in [1.82, 2.24) is 39.9 Å². The fourth-order valence-electron chi connectivity index (χ4n) is 11.0. The maximum atomic E-state index is 4.18. The van der Waals surface area contributed by atoms with Gasteiger partial charge in [0.25, 0.3) is 0 Å². The molecule has 0 amide bonds. The number of fused-ring (bicyclic) bond motifs is 1. The first-order valence-corrected chi connectivity index (χ1v) is 31.3. The lowest BCUT2D eigenvalue weighted by Gasteiger charge is -2.21. The predicted octanol–water partition coefficient (Wildman–Crippen LogP) is 21.5. The molecule has 0 N–H and O–H groups in total. The van der Waals surface area contributed by atoms with Crippen molar-refractivity contribution in [3.63, 3.8) is 0 Å². The van der Waals surface area contributed by atoms with Gasteiger partial charge in [-0.25, -0.2) is 19.9 Å². The van der Waals surface area contributed by atoms with Gasteiger partial charge >= 0.3 is 0 Å². The van der Waals surface area contributed by atoms with Gasteiger partial charge < -0.3 is 0 Å². The van der Waals surface area contributed by atoms with Gasteiger partial charge in [-0.1, -0.05) is 160 Å². The largest absolute Gasteiger partial charge is 0.265 e. The third-order valence-electron chi connectivity index (χ3n) is 16.1. The van der Waals surface area contributed by atoms with Gasteiger partial charge in [-0.05, 0) is 243 Å². The summed E-state index contributed by atoms with van der Waals surface area (Å²) in [6.45, 7) is 21.8. The number of benzene rings is 8. The van der Waals surface area contributed by atoms with E-state index >= 15 is 0 Å². The molecule has 14 rings (SSSR count). The minimum atomic E-state index is 0.267. The lowest BCUT2D eigenvalue weighted by molar-refractivity contribution is 0.589. The Kier molecular flexibility index (Phi) is 21.6. The van der Waals surface area contributed by atoms with Gasteiger partial charge in [0.2, 0.25) is 0 Å². The van der Waals surface area contributed by atoms with Gasteiger partial charge in [-0.2, -0.15) is 0 Å². The highest BCUT2D eigenvalue weighted by atomic mass is 14.8. The molecular formula is C85H78N8. The SMILES string of the molecule is Cc1cc(-c2ccccc2)cc(-c2ccc3ccccc3c2)c1.Cc1cc(-c2cccnc2)cc(-c2cccnc2)c1.Cc1cc(-c2ccncc2)cc(-c2ccncc2)c1.Cc1cc(-c2cncnc2)cc(-c2cncnc2)c1.Cc1cc(C(C)(C)C)cc(C)c1C. The Morgan fingerprint density at radius 3 is 0.946 bits per heavy atom. The van der Waals surface area contributed by atoms with Crippen molar-refractivity contribution >= 4 is 10.8 Å². The normalized spacial score (nSPS) is 10.7. The van der Waals surface area contributed by atoms with E-state index in [4.69, 9.17) is 0 Å². The summed E-state index contributed by atoms with van der Waals surface area (Å²) in [4.78, 5) is 32.7. The third kappa shape index (κ3) is 18.0. The van der Waals surface area contributed by atoms with Crippen molar-refractivity contribution in [3.05, 3.63) is 338 Å². The van der Waals surface area contributed by atoms with Crippen LogP contribution in [0.5, 0.6) is 0 Å². The van der Waals surface area contributed by atoms with Crippen LogP contribution in [0.15, 0.2) is 293 Å². The van der Waals surface area contributed by atoms with E-state index in [9.17, 15) is 0 Å². The molecule has 458 valence electrons. The van der Waals surface area contributed by atoms with Crippen molar-refractivity contribution in [2.45, 2.75) is 74.7 Å². The summed E-state index contributed by atoms with van der Waals surface area (Å²) in [7, 11) is 0. The molecule has 0 radical (unpaired) electrons. The first-order valence-electron chi connectivity index (χ1n) is 31.3. The molecule has 0 spiro atoms. The second-order valence-electron chi connectivity index (χ2n) is 24.5. The van der Waals surface area contributed by atoms with Crippen LogP contribution in [0.3, 0.4) is 0 Å². The highest BCUT2D eigenvalue weighted by molar-refractivity contribution is 5.88. The van der Waals surface area contributed by atoms with Crippen LogP contribution in [-0.4, -0.2) is 39.9 Å². The molecule has 0 aliphatic rings. The Morgan fingerprint density at radius 1 is 0.226 bits per heavy atom. The first kappa shape index (κ1) is 64.8. The molecule has 0 atom stereocenters. The monoisotopic (exact) mass is 1210 g/mol. The summed E-state index contributed by atoms with van der Waals surface area (Å²) < 4.78 is 0. The van der Waals surface area contributed by atoms with E-state index in [-0.39, 0.29) is 5.41 Å². The molecule has 14 aromatic rings. The van der Waals surface area contributed by atoms with Gasteiger partial charge in [0.05, 0.1) is 0 Å². The summed E-state index contributed by atoms with van der Waals surface area (Å²) in [5, 5.41) is 2.57. The van der Waals surface area contributed by atoms with Crippen LogP contribution in [0.4, 0.5) is 0 Å². The molecule has 0 aliphatic carbocycles. The van der Waals surface area contributed by atoms with Gasteiger partial charge in [-0.15, -0.1) is 0 Å². The maximum absolute atomic E-state index is 4.18. The molecule has 8 nitrogen and oxygen atoms in total. The molecule has 93 heavy (non-hydrogen) atoms. The fourth-order valence-corrected chi connectivity index (χ4v) is 11.0. The number of nitrogens with zero attached hydrogens (tertiary/aromatic N) is 8. The predicted molar refractivity (Wildman–Crippen MR) is 387 cm³/mol. The van der Waals surface area contributed by atoms with Crippen molar-refractivity contribution in [3.8, 4) is 89.0 Å². The van der Waals surface area contributed by atoms with Gasteiger partial charge in [0.1, 0.15) is 12.7 Å². The maximum Gasteiger partial charge on any atom is 0.115 e. The standard InChI is InChI=1S/C23H18.2C17H14N2.C15H12N4.C13H20/c1-17-13-22(18-7-3-2-4-8-18)16-23(14-17)21-12-11-19-9-5-6-10-20(19)15-21;1-13-10-16(14-2-6-18-7-3-14)12-17(11-13)15-4-8-19-9-5-15;1-13-8-16(14-4-2-6-18-11-14)10-17(9-13)15-5-3-7-19-12-15;1-11-2-12(14-5-16-9-17-6-14)4-13(3-11)15-7-18-10-19-8-15;1-9-7-12(13(4,5)6)8-10(2)11(9)3/h2-16H,1H3;2*2-12H,1H3;2-10H,1H3;7-8H,1-6H3.